The number of hydrogen-bond acceptors (Lipinski definition) is 2. The van der Waals surface area contributed by atoms with E-state index in [0.717, 1.165) is 16.5 Å². The molecule has 0 unspecified atom stereocenters. The molecule has 0 aliphatic rings. The number of nitrogens with one attached hydrogen (secondary N) is 1. The van der Waals surface area contributed by atoms with Crippen molar-refractivity contribution in [1.29, 1.82) is 0 Å². The van der Waals surface area contributed by atoms with Gasteiger partial charge >= 0.3 is 0 Å². The van der Waals surface area contributed by atoms with Crippen molar-refractivity contribution in [3.8, 4) is 0 Å². The Labute approximate surface area is 110 Å². The maximum Gasteiger partial charge on any atom is 0.148 e. The van der Waals surface area contributed by atoms with E-state index in [2.05, 4.69) is 5.32 Å². The fourth-order valence-corrected chi connectivity index (χ4v) is 2.06. The van der Waals surface area contributed by atoms with Crippen LogP contribution >= 0.6 is 0 Å². The molecule has 3 heteroatoms. The zero-order valence-electron chi connectivity index (χ0n) is 10.2. The van der Waals surface area contributed by atoms with Gasteiger partial charge in [-0.15, -0.1) is 0 Å². The highest BCUT2D eigenvalue weighted by atomic mass is 19.1. The summed E-state index contributed by atoms with van der Waals surface area (Å²) in [6, 6.07) is 18.6. The van der Waals surface area contributed by atoms with Crippen molar-refractivity contribution >= 4 is 27.8 Å². The van der Waals surface area contributed by atoms with Crippen LogP contribution in [0.4, 0.5) is 21.5 Å². The fraction of sp³-hybridized carbons (Fsp3) is 0. The van der Waals surface area contributed by atoms with Gasteiger partial charge in [0.1, 0.15) is 5.82 Å². The number of fused-ring (bicyclic) bond motifs is 1. The summed E-state index contributed by atoms with van der Waals surface area (Å²) in [5.41, 5.74) is 7.22. The van der Waals surface area contributed by atoms with E-state index < -0.39 is 0 Å². The first-order chi connectivity index (χ1) is 9.22. The second kappa shape index (κ2) is 4.61. The van der Waals surface area contributed by atoms with Gasteiger partial charge in [0.05, 0.1) is 5.69 Å². The Hall–Kier alpha value is -2.55. The normalized spacial score (nSPS) is 10.6. The average molecular weight is 252 g/mol. The zero-order valence-corrected chi connectivity index (χ0v) is 10.2. The van der Waals surface area contributed by atoms with Crippen LogP contribution in [-0.4, -0.2) is 0 Å². The molecule has 0 fully saturated rings. The molecule has 3 rings (SSSR count). The Morgan fingerprint density at radius 3 is 2.42 bits per heavy atom. The number of anilines is 3. The van der Waals surface area contributed by atoms with Gasteiger partial charge < -0.3 is 11.1 Å². The Bertz CT molecular complexity index is 738. The largest absolute Gasteiger partial charge is 0.399 e. The predicted octanol–water partition coefficient (Wildman–Crippen LogP) is 4.30. The van der Waals surface area contributed by atoms with Crippen LogP contribution in [0.1, 0.15) is 0 Å². The average Bonchev–Trinajstić information content (AvgIpc) is 2.42. The summed E-state index contributed by atoms with van der Waals surface area (Å²) in [6.07, 6.45) is 0. The molecule has 94 valence electrons. The number of nitrogen functional groups attached to an aromatic ring is 1. The predicted molar refractivity (Wildman–Crippen MR) is 78.0 cm³/mol. The lowest BCUT2D eigenvalue weighted by Gasteiger charge is -2.09. The summed E-state index contributed by atoms with van der Waals surface area (Å²) >= 11 is 0. The molecule has 3 aromatic carbocycles. The van der Waals surface area contributed by atoms with Crippen LogP contribution < -0.4 is 11.1 Å². The van der Waals surface area contributed by atoms with Crippen LogP contribution in [0, 0.1) is 5.82 Å². The van der Waals surface area contributed by atoms with Gasteiger partial charge in [0.15, 0.2) is 0 Å². The highest BCUT2D eigenvalue weighted by Crippen LogP contribution is 2.24. The number of nitrogens with two attached hydrogens (primary N) is 1. The molecular formula is C16H13FN2. The molecule has 0 aliphatic heterocycles. The molecule has 2 nitrogen and oxygen atoms in total. The Balaban J connectivity index is 1.96. The maximum atomic E-state index is 13.7. The van der Waals surface area contributed by atoms with E-state index >= 15 is 0 Å². The van der Waals surface area contributed by atoms with Crippen molar-refractivity contribution in [1.82, 2.24) is 0 Å². The minimum Gasteiger partial charge on any atom is -0.399 e. The van der Waals surface area contributed by atoms with Gasteiger partial charge in [0.2, 0.25) is 0 Å². The summed E-state index contributed by atoms with van der Waals surface area (Å²) in [5, 5.41) is 5.33. The lowest BCUT2D eigenvalue weighted by atomic mass is 10.1. The van der Waals surface area contributed by atoms with E-state index in [1.165, 1.54) is 6.07 Å². The summed E-state index contributed by atoms with van der Waals surface area (Å²) < 4.78 is 13.7. The standard InChI is InChI=1S/C16H13FN2/c17-15-10-13(18)6-8-16(15)19-14-7-5-11-3-1-2-4-12(11)9-14/h1-10,19H,18H2. The van der Waals surface area contributed by atoms with Gasteiger partial charge in [-0.25, -0.2) is 4.39 Å². The Morgan fingerprint density at radius 1 is 0.842 bits per heavy atom. The van der Waals surface area contributed by atoms with Gasteiger partial charge in [0, 0.05) is 11.4 Å². The number of halogens is 1. The molecule has 0 aromatic heterocycles. The molecule has 0 saturated carbocycles. The molecule has 19 heavy (non-hydrogen) atoms. The van der Waals surface area contributed by atoms with Gasteiger partial charge in [-0.2, -0.15) is 0 Å². The molecule has 0 aliphatic carbocycles. The first-order valence-corrected chi connectivity index (χ1v) is 6.03. The number of benzene rings is 3. The van der Waals surface area contributed by atoms with Gasteiger partial charge in [-0.05, 0) is 41.1 Å². The zero-order chi connectivity index (χ0) is 13.2. The van der Waals surface area contributed by atoms with E-state index in [0.29, 0.717) is 11.4 Å². The van der Waals surface area contributed by atoms with E-state index in [4.69, 9.17) is 5.73 Å². The first-order valence-electron chi connectivity index (χ1n) is 6.03. The minimum atomic E-state index is -0.354. The molecule has 3 N–H and O–H groups in total. The molecule has 0 saturated heterocycles. The Kier molecular flexibility index (Phi) is 2.80. The topological polar surface area (TPSA) is 38.0 Å². The lowest BCUT2D eigenvalue weighted by molar-refractivity contribution is 0.632. The van der Waals surface area contributed by atoms with Crippen LogP contribution in [0.3, 0.4) is 0 Å². The molecule has 0 heterocycles. The number of rotatable bonds is 2. The van der Waals surface area contributed by atoms with Crippen molar-refractivity contribution < 1.29 is 4.39 Å². The molecule has 3 aromatic rings. The van der Waals surface area contributed by atoms with Crippen molar-refractivity contribution in [3.63, 3.8) is 0 Å². The summed E-state index contributed by atoms with van der Waals surface area (Å²) in [5.74, 6) is -0.354. The highest BCUT2D eigenvalue weighted by molar-refractivity contribution is 5.86. The van der Waals surface area contributed by atoms with Crippen molar-refractivity contribution in [2.75, 3.05) is 11.1 Å². The third-order valence-electron chi connectivity index (χ3n) is 3.02. The summed E-state index contributed by atoms with van der Waals surface area (Å²) in [6.45, 7) is 0. The second-order valence-electron chi connectivity index (χ2n) is 4.43. The van der Waals surface area contributed by atoms with Crippen molar-refractivity contribution in [2.45, 2.75) is 0 Å². The van der Waals surface area contributed by atoms with E-state index in [1.54, 1.807) is 12.1 Å². The van der Waals surface area contributed by atoms with E-state index in [-0.39, 0.29) is 5.82 Å². The van der Waals surface area contributed by atoms with Crippen LogP contribution in [-0.2, 0) is 0 Å². The third-order valence-corrected chi connectivity index (χ3v) is 3.02. The van der Waals surface area contributed by atoms with Crippen LogP contribution in [0.15, 0.2) is 60.7 Å². The quantitative estimate of drug-likeness (QED) is 0.667. The van der Waals surface area contributed by atoms with Gasteiger partial charge in [0.25, 0.3) is 0 Å². The minimum absolute atomic E-state index is 0.354. The summed E-state index contributed by atoms with van der Waals surface area (Å²) in [7, 11) is 0. The molecule has 0 radical (unpaired) electrons. The number of hydrogen-bond donors (Lipinski definition) is 2. The molecular weight excluding hydrogens is 239 g/mol. The SMILES string of the molecule is Nc1ccc(Nc2ccc3ccccc3c2)c(F)c1. The molecule has 0 atom stereocenters. The highest BCUT2D eigenvalue weighted by Gasteiger charge is 2.03. The molecule has 0 spiro atoms. The maximum absolute atomic E-state index is 13.7. The van der Waals surface area contributed by atoms with Crippen molar-refractivity contribution in [3.05, 3.63) is 66.5 Å². The summed E-state index contributed by atoms with van der Waals surface area (Å²) in [4.78, 5) is 0. The first kappa shape index (κ1) is 11.5. The van der Waals surface area contributed by atoms with Gasteiger partial charge in [-0.3, -0.25) is 0 Å². The Morgan fingerprint density at radius 2 is 1.63 bits per heavy atom. The fourth-order valence-electron chi connectivity index (χ4n) is 2.06. The molecule has 0 bridgehead atoms. The van der Waals surface area contributed by atoms with Crippen LogP contribution in [0.5, 0.6) is 0 Å². The second-order valence-corrected chi connectivity index (χ2v) is 4.43. The smallest absolute Gasteiger partial charge is 0.148 e. The van der Waals surface area contributed by atoms with Crippen molar-refractivity contribution in [2.24, 2.45) is 0 Å². The monoisotopic (exact) mass is 252 g/mol. The van der Waals surface area contributed by atoms with Crippen LogP contribution in [0.25, 0.3) is 10.8 Å². The molecule has 0 amide bonds. The van der Waals surface area contributed by atoms with E-state index in [1.807, 2.05) is 42.5 Å². The lowest BCUT2D eigenvalue weighted by Crippen LogP contribution is -1.95. The third kappa shape index (κ3) is 2.36. The van der Waals surface area contributed by atoms with E-state index in [9.17, 15) is 4.39 Å². The van der Waals surface area contributed by atoms with Crippen LogP contribution in [0.2, 0.25) is 0 Å². The van der Waals surface area contributed by atoms with Gasteiger partial charge in [-0.1, -0.05) is 30.3 Å².